The number of rotatable bonds is 8. The van der Waals surface area contributed by atoms with Crippen molar-refractivity contribution in [2.45, 2.75) is 19.4 Å². The second-order valence-corrected chi connectivity index (χ2v) is 5.74. The van der Waals surface area contributed by atoms with Gasteiger partial charge in [0.05, 0.1) is 7.11 Å². The summed E-state index contributed by atoms with van der Waals surface area (Å²) in [4.78, 5) is 14.8. The van der Waals surface area contributed by atoms with E-state index in [0.29, 0.717) is 6.54 Å². The first-order valence-electron chi connectivity index (χ1n) is 8.32. The number of methoxy groups -OCH3 is 1. The number of benzene rings is 2. The van der Waals surface area contributed by atoms with Crippen molar-refractivity contribution in [2.75, 3.05) is 27.2 Å². The molecule has 0 heterocycles. The standard InChI is InChI=1S/C20H26N2O2/c1-4-22(2)19(17-11-6-5-7-12-17)20(23)21-15-14-16-10-8-9-13-18(16)24-3/h5-13,19H,4,14-15H2,1-3H3,(H,21,23). The van der Waals surface area contributed by atoms with Crippen LogP contribution >= 0.6 is 0 Å². The number of carbonyl (C=O) groups excluding carboxylic acids is 1. The van der Waals surface area contributed by atoms with Crippen molar-refractivity contribution in [3.8, 4) is 5.75 Å². The monoisotopic (exact) mass is 326 g/mol. The molecule has 0 fully saturated rings. The van der Waals surface area contributed by atoms with E-state index in [4.69, 9.17) is 4.74 Å². The Labute approximate surface area is 144 Å². The smallest absolute Gasteiger partial charge is 0.241 e. The van der Waals surface area contributed by atoms with Gasteiger partial charge in [-0.15, -0.1) is 0 Å². The van der Waals surface area contributed by atoms with Crippen LogP contribution in [-0.2, 0) is 11.2 Å². The van der Waals surface area contributed by atoms with Gasteiger partial charge in [0.25, 0.3) is 0 Å². The summed E-state index contributed by atoms with van der Waals surface area (Å²) in [5.41, 5.74) is 2.11. The first kappa shape index (κ1) is 18.0. The lowest BCUT2D eigenvalue weighted by atomic mass is 10.0. The lowest BCUT2D eigenvalue weighted by molar-refractivity contribution is -0.126. The fourth-order valence-electron chi connectivity index (χ4n) is 2.75. The maximum Gasteiger partial charge on any atom is 0.241 e. The second-order valence-electron chi connectivity index (χ2n) is 5.74. The van der Waals surface area contributed by atoms with Crippen molar-refractivity contribution >= 4 is 5.91 Å². The molecule has 1 amide bonds. The lowest BCUT2D eigenvalue weighted by Crippen LogP contribution is -2.39. The molecule has 0 radical (unpaired) electrons. The van der Waals surface area contributed by atoms with Gasteiger partial charge in [-0.1, -0.05) is 55.5 Å². The van der Waals surface area contributed by atoms with Gasteiger partial charge in [0.2, 0.25) is 5.91 Å². The normalized spacial score (nSPS) is 12.0. The molecule has 4 heteroatoms. The van der Waals surface area contributed by atoms with Crippen molar-refractivity contribution in [1.29, 1.82) is 0 Å². The summed E-state index contributed by atoms with van der Waals surface area (Å²) in [6.07, 6.45) is 0.743. The second kappa shape index (κ2) is 9.08. The number of likely N-dealkylation sites (N-methyl/N-ethyl adjacent to an activating group) is 1. The van der Waals surface area contributed by atoms with Crippen molar-refractivity contribution < 1.29 is 9.53 Å². The number of ether oxygens (including phenoxy) is 1. The topological polar surface area (TPSA) is 41.6 Å². The van der Waals surface area contributed by atoms with E-state index < -0.39 is 0 Å². The highest BCUT2D eigenvalue weighted by Crippen LogP contribution is 2.20. The molecule has 2 aromatic rings. The van der Waals surface area contributed by atoms with Gasteiger partial charge < -0.3 is 10.1 Å². The number of nitrogens with zero attached hydrogens (tertiary/aromatic N) is 1. The maximum absolute atomic E-state index is 12.7. The molecule has 0 aliphatic rings. The molecule has 0 spiro atoms. The summed E-state index contributed by atoms with van der Waals surface area (Å²) in [5.74, 6) is 0.887. The van der Waals surface area contributed by atoms with Gasteiger partial charge in [-0.2, -0.15) is 0 Å². The van der Waals surface area contributed by atoms with E-state index in [-0.39, 0.29) is 11.9 Å². The number of hydrogen-bond acceptors (Lipinski definition) is 3. The molecular weight excluding hydrogens is 300 g/mol. The molecule has 1 unspecified atom stereocenters. The van der Waals surface area contributed by atoms with Crippen LogP contribution in [-0.4, -0.2) is 38.1 Å². The Kier molecular flexibility index (Phi) is 6.82. The highest BCUT2D eigenvalue weighted by molar-refractivity contribution is 5.83. The summed E-state index contributed by atoms with van der Waals surface area (Å²) in [6, 6.07) is 17.5. The number of hydrogen-bond donors (Lipinski definition) is 1. The quantitative estimate of drug-likeness (QED) is 0.811. The number of amides is 1. The third-order valence-electron chi connectivity index (χ3n) is 4.19. The Morgan fingerprint density at radius 1 is 1.12 bits per heavy atom. The summed E-state index contributed by atoms with van der Waals surface area (Å²) in [5, 5.41) is 3.06. The zero-order valence-corrected chi connectivity index (χ0v) is 14.7. The number of nitrogens with one attached hydrogen (secondary N) is 1. The minimum Gasteiger partial charge on any atom is -0.496 e. The van der Waals surface area contributed by atoms with E-state index in [1.54, 1.807) is 7.11 Å². The van der Waals surface area contributed by atoms with Gasteiger partial charge in [-0.05, 0) is 37.2 Å². The molecule has 0 saturated heterocycles. The van der Waals surface area contributed by atoms with Gasteiger partial charge in [0, 0.05) is 6.54 Å². The van der Waals surface area contributed by atoms with E-state index in [0.717, 1.165) is 29.8 Å². The van der Waals surface area contributed by atoms with Crippen LogP contribution in [0.2, 0.25) is 0 Å². The lowest BCUT2D eigenvalue weighted by Gasteiger charge is -2.26. The van der Waals surface area contributed by atoms with Crippen LogP contribution in [0.1, 0.15) is 24.1 Å². The summed E-state index contributed by atoms with van der Waals surface area (Å²) in [7, 11) is 3.64. The predicted molar refractivity (Wildman–Crippen MR) is 97.2 cm³/mol. The van der Waals surface area contributed by atoms with Gasteiger partial charge in [-0.3, -0.25) is 9.69 Å². The first-order chi connectivity index (χ1) is 11.7. The largest absolute Gasteiger partial charge is 0.496 e. The van der Waals surface area contributed by atoms with Crippen LogP contribution in [0.25, 0.3) is 0 Å². The first-order valence-corrected chi connectivity index (χ1v) is 8.32. The molecule has 2 rings (SSSR count). The average Bonchev–Trinajstić information content (AvgIpc) is 2.63. The molecule has 128 valence electrons. The van der Waals surface area contributed by atoms with E-state index in [1.165, 1.54) is 0 Å². The summed E-state index contributed by atoms with van der Waals surface area (Å²) < 4.78 is 5.35. The minimum absolute atomic E-state index is 0.0282. The van der Waals surface area contributed by atoms with Crippen LogP contribution in [0, 0.1) is 0 Å². The van der Waals surface area contributed by atoms with Gasteiger partial charge in [0.15, 0.2) is 0 Å². The third kappa shape index (κ3) is 4.59. The molecule has 24 heavy (non-hydrogen) atoms. The Morgan fingerprint density at radius 2 is 1.79 bits per heavy atom. The molecule has 4 nitrogen and oxygen atoms in total. The van der Waals surface area contributed by atoms with Crippen molar-refractivity contribution in [2.24, 2.45) is 0 Å². The van der Waals surface area contributed by atoms with Gasteiger partial charge in [0.1, 0.15) is 11.8 Å². The van der Waals surface area contributed by atoms with Crippen LogP contribution in [0.4, 0.5) is 0 Å². The predicted octanol–water partition coefficient (Wildman–Crippen LogP) is 3.05. The van der Waals surface area contributed by atoms with Gasteiger partial charge >= 0.3 is 0 Å². The zero-order chi connectivity index (χ0) is 17.4. The Morgan fingerprint density at radius 3 is 2.46 bits per heavy atom. The average molecular weight is 326 g/mol. The Hall–Kier alpha value is -2.33. The van der Waals surface area contributed by atoms with Crippen molar-refractivity contribution in [3.05, 3.63) is 65.7 Å². The molecular formula is C20H26N2O2. The Balaban J connectivity index is 2.01. The molecule has 0 aliphatic carbocycles. The Bertz CT molecular complexity index is 643. The molecule has 0 bridgehead atoms. The fraction of sp³-hybridized carbons (Fsp3) is 0.350. The van der Waals surface area contributed by atoms with E-state index in [1.807, 2.05) is 66.5 Å². The molecule has 0 aliphatic heterocycles. The number of para-hydroxylation sites is 1. The van der Waals surface area contributed by atoms with Crippen LogP contribution < -0.4 is 10.1 Å². The van der Waals surface area contributed by atoms with Crippen molar-refractivity contribution in [1.82, 2.24) is 10.2 Å². The number of carbonyl (C=O) groups is 1. The molecule has 2 aromatic carbocycles. The summed E-state index contributed by atoms with van der Waals surface area (Å²) in [6.45, 7) is 3.44. The molecule has 0 saturated carbocycles. The SMILES string of the molecule is CCN(C)C(C(=O)NCCc1ccccc1OC)c1ccccc1. The van der Waals surface area contributed by atoms with E-state index in [9.17, 15) is 4.79 Å². The fourth-order valence-corrected chi connectivity index (χ4v) is 2.75. The highest BCUT2D eigenvalue weighted by atomic mass is 16.5. The summed E-state index contributed by atoms with van der Waals surface area (Å²) >= 11 is 0. The zero-order valence-electron chi connectivity index (χ0n) is 14.7. The third-order valence-corrected chi connectivity index (χ3v) is 4.19. The minimum atomic E-state index is -0.270. The van der Waals surface area contributed by atoms with Crippen molar-refractivity contribution in [3.63, 3.8) is 0 Å². The molecule has 1 atom stereocenters. The molecule has 0 aromatic heterocycles. The van der Waals surface area contributed by atoms with Crippen LogP contribution in [0.3, 0.4) is 0 Å². The van der Waals surface area contributed by atoms with E-state index >= 15 is 0 Å². The maximum atomic E-state index is 12.7. The van der Waals surface area contributed by atoms with Crippen LogP contribution in [0.5, 0.6) is 5.75 Å². The van der Waals surface area contributed by atoms with Gasteiger partial charge in [-0.25, -0.2) is 0 Å². The van der Waals surface area contributed by atoms with E-state index in [2.05, 4.69) is 12.2 Å². The van der Waals surface area contributed by atoms with Crippen LogP contribution in [0.15, 0.2) is 54.6 Å². The highest BCUT2D eigenvalue weighted by Gasteiger charge is 2.23. The molecule has 1 N–H and O–H groups in total.